The van der Waals surface area contributed by atoms with E-state index in [1.54, 1.807) is 0 Å². The molecular weight excluding hydrogens is 326 g/mol. The van der Waals surface area contributed by atoms with E-state index in [1.807, 2.05) is 0 Å². The molecular formula is C17H17F4NO2. The van der Waals surface area contributed by atoms with Crippen LogP contribution in [0.25, 0.3) is 0 Å². The zero-order valence-electron chi connectivity index (χ0n) is 12.9. The Morgan fingerprint density at radius 2 is 1.79 bits per heavy atom. The van der Waals surface area contributed by atoms with E-state index in [1.165, 1.54) is 36.4 Å². The normalized spacial score (nSPS) is 22.0. The molecule has 0 bridgehead atoms. The fourth-order valence-corrected chi connectivity index (χ4v) is 2.67. The van der Waals surface area contributed by atoms with Crippen LogP contribution < -0.4 is 4.74 Å². The van der Waals surface area contributed by atoms with E-state index in [9.17, 15) is 17.6 Å². The maximum atomic E-state index is 12.9. The molecule has 7 heteroatoms. The molecule has 0 amide bonds. The summed E-state index contributed by atoms with van der Waals surface area (Å²) in [5.74, 6) is -0.957. The van der Waals surface area contributed by atoms with Crippen molar-refractivity contribution in [2.75, 3.05) is 0 Å². The first-order valence-corrected chi connectivity index (χ1v) is 7.59. The summed E-state index contributed by atoms with van der Waals surface area (Å²) in [6.07, 6.45) is -0.294. The zero-order valence-corrected chi connectivity index (χ0v) is 12.9. The molecule has 130 valence electrons. The van der Waals surface area contributed by atoms with Crippen LogP contribution in [0.5, 0.6) is 5.75 Å². The second-order valence-electron chi connectivity index (χ2n) is 5.67. The lowest BCUT2D eigenvalue weighted by Crippen LogP contribution is -2.21. The Hall–Kier alpha value is -2.07. The third-order valence-corrected chi connectivity index (χ3v) is 3.85. The Bertz CT molecular complexity index is 597. The van der Waals surface area contributed by atoms with Gasteiger partial charge in [0.05, 0.1) is 12.7 Å². The third-order valence-electron chi connectivity index (χ3n) is 3.85. The first-order chi connectivity index (χ1) is 11.4. The molecule has 3 nitrogen and oxygen atoms in total. The fourth-order valence-electron chi connectivity index (χ4n) is 2.67. The van der Waals surface area contributed by atoms with Crippen molar-refractivity contribution in [1.82, 2.24) is 0 Å². The van der Waals surface area contributed by atoms with E-state index < -0.39 is 12.2 Å². The van der Waals surface area contributed by atoms with E-state index >= 15 is 0 Å². The van der Waals surface area contributed by atoms with Gasteiger partial charge in [-0.2, -0.15) is 9.65 Å². The van der Waals surface area contributed by atoms with Crippen LogP contribution in [-0.4, -0.2) is 12.5 Å². The van der Waals surface area contributed by atoms with Crippen LogP contribution in [0.4, 0.5) is 17.6 Å². The molecule has 24 heavy (non-hydrogen) atoms. The first kappa shape index (κ1) is 18.3. The summed E-state index contributed by atoms with van der Waals surface area (Å²) in [5.41, 5.74) is 0.752. The lowest BCUT2D eigenvalue weighted by atomic mass is 9.87. The van der Waals surface area contributed by atoms with Crippen LogP contribution in [-0.2, 0) is 11.3 Å². The summed E-state index contributed by atoms with van der Waals surface area (Å²) < 4.78 is 58.7. The molecule has 0 unspecified atom stereocenters. The van der Waals surface area contributed by atoms with Crippen molar-refractivity contribution in [3.05, 3.63) is 41.7 Å². The molecule has 0 aromatic heterocycles. The standard InChI is InChI=1S/C17H17F4NO2/c18-14(10-22)9-12-1-5-15(6-2-12)23-11-13-3-7-16(8-4-13)24-17(19,20)21/h3-4,7-9,12,15H,1-2,5-6,11H2. The molecule has 1 fully saturated rings. The quantitative estimate of drug-likeness (QED) is 0.556. The van der Waals surface area contributed by atoms with Gasteiger partial charge < -0.3 is 9.47 Å². The van der Waals surface area contributed by atoms with Gasteiger partial charge in [0.2, 0.25) is 0 Å². The Labute approximate surface area is 137 Å². The molecule has 2 rings (SSSR count). The van der Waals surface area contributed by atoms with Crippen LogP contribution in [0.1, 0.15) is 31.2 Å². The molecule has 0 N–H and O–H groups in total. The van der Waals surface area contributed by atoms with Crippen LogP contribution in [0.15, 0.2) is 36.2 Å². The molecule has 1 aromatic rings. The second kappa shape index (κ2) is 8.15. The molecule has 1 aliphatic carbocycles. The number of hydrogen-bond acceptors (Lipinski definition) is 3. The van der Waals surface area contributed by atoms with Crippen molar-refractivity contribution in [3.63, 3.8) is 0 Å². The first-order valence-electron chi connectivity index (χ1n) is 7.59. The molecule has 0 spiro atoms. The number of hydrogen-bond donors (Lipinski definition) is 0. The molecule has 1 aromatic carbocycles. The molecule has 1 saturated carbocycles. The minimum atomic E-state index is -4.70. The van der Waals surface area contributed by atoms with Gasteiger partial charge in [-0.15, -0.1) is 13.2 Å². The number of allylic oxidation sites excluding steroid dienone is 2. The van der Waals surface area contributed by atoms with Crippen molar-refractivity contribution in [1.29, 1.82) is 5.26 Å². The smallest absolute Gasteiger partial charge is 0.406 e. The van der Waals surface area contributed by atoms with E-state index in [-0.39, 0.29) is 17.8 Å². The molecule has 0 saturated heterocycles. The van der Waals surface area contributed by atoms with Crippen LogP contribution >= 0.6 is 0 Å². The van der Waals surface area contributed by atoms with E-state index in [4.69, 9.17) is 10.00 Å². The van der Waals surface area contributed by atoms with Gasteiger partial charge in [0.1, 0.15) is 11.8 Å². The average molecular weight is 343 g/mol. The van der Waals surface area contributed by atoms with Crippen LogP contribution in [0, 0.1) is 17.2 Å². The predicted molar refractivity (Wildman–Crippen MR) is 78.5 cm³/mol. The second-order valence-corrected chi connectivity index (χ2v) is 5.67. The SMILES string of the molecule is N#CC(F)=CC1CCC(OCc2ccc(OC(F)(F)F)cc2)CC1. The van der Waals surface area contributed by atoms with Crippen molar-refractivity contribution in [3.8, 4) is 11.8 Å². The van der Waals surface area contributed by atoms with Crippen LogP contribution in [0.3, 0.4) is 0 Å². The summed E-state index contributed by atoms with van der Waals surface area (Å²) in [5, 5.41) is 8.42. The van der Waals surface area contributed by atoms with Crippen LogP contribution in [0.2, 0.25) is 0 Å². The van der Waals surface area contributed by atoms with Crippen molar-refractivity contribution >= 4 is 0 Å². The van der Waals surface area contributed by atoms with Gasteiger partial charge in [0.25, 0.3) is 0 Å². The summed E-state index contributed by atoms with van der Waals surface area (Å²) in [6.45, 7) is 0.296. The van der Waals surface area contributed by atoms with Crippen molar-refractivity contribution < 1.29 is 27.0 Å². The molecule has 0 radical (unpaired) electrons. The Morgan fingerprint density at radius 1 is 1.17 bits per heavy atom. The van der Waals surface area contributed by atoms with Gasteiger partial charge in [-0.25, -0.2) is 0 Å². The van der Waals surface area contributed by atoms with E-state index in [2.05, 4.69) is 4.74 Å². The van der Waals surface area contributed by atoms with Gasteiger partial charge >= 0.3 is 6.36 Å². The summed E-state index contributed by atoms with van der Waals surface area (Å²) in [6, 6.07) is 7.02. The highest BCUT2D eigenvalue weighted by Gasteiger charge is 2.31. The molecule has 0 aliphatic heterocycles. The highest BCUT2D eigenvalue weighted by molar-refractivity contribution is 5.27. The Balaban J connectivity index is 1.76. The number of rotatable bonds is 5. The lowest BCUT2D eigenvalue weighted by Gasteiger charge is -2.26. The lowest BCUT2D eigenvalue weighted by molar-refractivity contribution is -0.274. The summed E-state index contributed by atoms with van der Waals surface area (Å²) >= 11 is 0. The van der Waals surface area contributed by atoms with E-state index in [0.29, 0.717) is 6.61 Å². The van der Waals surface area contributed by atoms with Gasteiger partial charge in [0, 0.05) is 0 Å². The number of ether oxygens (including phenoxy) is 2. The summed E-state index contributed by atoms with van der Waals surface area (Å²) in [4.78, 5) is 0. The minimum Gasteiger partial charge on any atom is -0.406 e. The predicted octanol–water partition coefficient (Wildman–Crippen LogP) is 5.04. The summed E-state index contributed by atoms with van der Waals surface area (Å²) in [7, 11) is 0. The number of benzene rings is 1. The largest absolute Gasteiger partial charge is 0.573 e. The minimum absolute atomic E-state index is 0.0332. The molecule has 1 aliphatic rings. The van der Waals surface area contributed by atoms with Crippen molar-refractivity contribution in [2.45, 2.75) is 44.8 Å². The maximum absolute atomic E-state index is 12.9. The Kier molecular flexibility index (Phi) is 6.21. The zero-order chi connectivity index (χ0) is 17.6. The van der Waals surface area contributed by atoms with E-state index in [0.717, 1.165) is 31.2 Å². The maximum Gasteiger partial charge on any atom is 0.573 e. The highest BCUT2D eigenvalue weighted by atomic mass is 19.4. The number of halogens is 4. The van der Waals surface area contributed by atoms with Gasteiger partial charge in [-0.3, -0.25) is 0 Å². The topological polar surface area (TPSA) is 42.2 Å². The molecule has 0 atom stereocenters. The molecule has 0 heterocycles. The highest BCUT2D eigenvalue weighted by Crippen LogP contribution is 2.29. The monoisotopic (exact) mass is 343 g/mol. The third kappa shape index (κ3) is 6.20. The number of alkyl halides is 3. The van der Waals surface area contributed by atoms with Gasteiger partial charge in [0.15, 0.2) is 5.83 Å². The van der Waals surface area contributed by atoms with Crippen molar-refractivity contribution in [2.24, 2.45) is 5.92 Å². The number of nitriles is 1. The fraction of sp³-hybridized carbons (Fsp3) is 0.471. The number of nitrogens with zero attached hydrogens (tertiary/aromatic N) is 1. The van der Waals surface area contributed by atoms with Gasteiger partial charge in [-0.05, 0) is 55.4 Å². The Morgan fingerprint density at radius 3 is 2.33 bits per heavy atom. The van der Waals surface area contributed by atoms with Gasteiger partial charge in [-0.1, -0.05) is 12.1 Å². The average Bonchev–Trinajstić information content (AvgIpc) is 2.54.